The normalized spacial score (nSPS) is 11.7. The van der Waals surface area contributed by atoms with Gasteiger partial charge in [0, 0.05) is 37.0 Å². The van der Waals surface area contributed by atoms with Crippen molar-refractivity contribution in [3.05, 3.63) is 42.2 Å². The number of nitrogens with zero attached hydrogens (tertiary/aromatic N) is 3. The van der Waals surface area contributed by atoms with E-state index in [1.165, 1.54) is 0 Å². The van der Waals surface area contributed by atoms with Gasteiger partial charge in [-0.15, -0.1) is 0 Å². The molecule has 0 amide bonds. The van der Waals surface area contributed by atoms with Crippen molar-refractivity contribution in [2.45, 2.75) is 25.8 Å². The number of unbranched alkanes of at least 4 members (excludes halogenated alkanes) is 1. The molecule has 110 valence electrons. The van der Waals surface area contributed by atoms with Gasteiger partial charge in [-0.3, -0.25) is 4.68 Å². The number of rotatable bonds is 7. The van der Waals surface area contributed by atoms with E-state index in [1.807, 2.05) is 43.7 Å². The fraction of sp³-hybridized carbons (Fsp3) is 0.375. The average Bonchev–Trinajstić information content (AvgIpc) is 2.91. The van der Waals surface area contributed by atoms with Crippen molar-refractivity contribution >= 4 is 5.69 Å². The van der Waals surface area contributed by atoms with Crippen LogP contribution in [0.1, 0.15) is 31.4 Å². The maximum atomic E-state index is 8.49. The number of ether oxygens (including phenoxy) is 1. The van der Waals surface area contributed by atoms with Crippen molar-refractivity contribution < 1.29 is 4.74 Å². The first-order chi connectivity index (χ1) is 10.2. The number of aromatic nitrogens is 2. The van der Waals surface area contributed by atoms with Gasteiger partial charge >= 0.3 is 0 Å². The van der Waals surface area contributed by atoms with Crippen LogP contribution in [0.4, 0.5) is 5.69 Å². The Morgan fingerprint density at radius 2 is 2.33 bits per heavy atom. The van der Waals surface area contributed by atoms with E-state index in [0.717, 1.165) is 23.4 Å². The molecule has 21 heavy (non-hydrogen) atoms. The van der Waals surface area contributed by atoms with Crippen molar-refractivity contribution in [1.29, 1.82) is 5.26 Å². The highest BCUT2D eigenvalue weighted by atomic mass is 16.5. The van der Waals surface area contributed by atoms with Crippen LogP contribution in [0.5, 0.6) is 5.75 Å². The second-order valence-corrected chi connectivity index (χ2v) is 4.95. The van der Waals surface area contributed by atoms with Crippen molar-refractivity contribution in [1.82, 2.24) is 9.78 Å². The first-order valence-corrected chi connectivity index (χ1v) is 7.04. The van der Waals surface area contributed by atoms with Crippen LogP contribution >= 0.6 is 0 Å². The molecule has 0 fully saturated rings. The minimum Gasteiger partial charge on any atom is -0.493 e. The summed E-state index contributed by atoms with van der Waals surface area (Å²) in [7, 11) is 1.91. The lowest BCUT2D eigenvalue weighted by molar-refractivity contribution is 0.313. The van der Waals surface area contributed by atoms with Crippen LogP contribution in [0.3, 0.4) is 0 Å². The van der Waals surface area contributed by atoms with Crippen LogP contribution in [0.25, 0.3) is 0 Å². The summed E-state index contributed by atoms with van der Waals surface area (Å²) in [6.45, 7) is 2.66. The molecule has 0 bridgehead atoms. The number of hydrogen-bond acceptors (Lipinski definition) is 4. The van der Waals surface area contributed by atoms with E-state index in [9.17, 15) is 0 Å². The largest absolute Gasteiger partial charge is 0.493 e. The van der Waals surface area contributed by atoms with Crippen molar-refractivity contribution in [3.63, 3.8) is 0 Å². The monoisotopic (exact) mass is 284 g/mol. The third kappa shape index (κ3) is 4.53. The van der Waals surface area contributed by atoms with E-state index in [0.29, 0.717) is 13.0 Å². The van der Waals surface area contributed by atoms with Crippen molar-refractivity contribution in [2.75, 3.05) is 11.9 Å². The Balaban J connectivity index is 1.93. The van der Waals surface area contributed by atoms with E-state index in [2.05, 4.69) is 23.4 Å². The SMILES string of the molecule is CC(Nc1cccc(OCCCC#N)c1)c1cnn(C)c1. The minimum atomic E-state index is 0.174. The van der Waals surface area contributed by atoms with Crippen LogP contribution in [0.2, 0.25) is 0 Å². The molecule has 2 aromatic rings. The molecule has 1 atom stereocenters. The predicted molar refractivity (Wildman–Crippen MR) is 82.0 cm³/mol. The molecular formula is C16H20N4O. The van der Waals surface area contributed by atoms with E-state index < -0.39 is 0 Å². The molecule has 5 nitrogen and oxygen atoms in total. The molecule has 1 aromatic heterocycles. The molecule has 1 heterocycles. The zero-order valence-electron chi connectivity index (χ0n) is 12.4. The van der Waals surface area contributed by atoms with Crippen LogP contribution < -0.4 is 10.1 Å². The van der Waals surface area contributed by atoms with Crippen LogP contribution in [-0.2, 0) is 7.05 Å². The highest BCUT2D eigenvalue weighted by molar-refractivity contribution is 5.49. The Morgan fingerprint density at radius 3 is 3.05 bits per heavy atom. The molecule has 0 aliphatic rings. The van der Waals surface area contributed by atoms with Gasteiger partial charge in [0.1, 0.15) is 5.75 Å². The van der Waals surface area contributed by atoms with E-state index in [1.54, 1.807) is 4.68 Å². The standard InChI is InChI=1S/C16H20N4O/c1-13(14-11-18-20(2)12-14)19-15-6-5-7-16(10-15)21-9-4-3-8-17/h5-7,10-13,19H,3-4,9H2,1-2H3. The first-order valence-electron chi connectivity index (χ1n) is 7.04. The highest BCUT2D eigenvalue weighted by Crippen LogP contribution is 2.22. The summed E-state index contributed by atoms with van der Waals surface area (Å²) in [4.78, 5) is 0. The number of aryl methyl sites for hydroxylation is 1. The van der Waals surface area contributed by atoms with Gasteiger partial charge in [0.05, 0.1) is 24.9 Å². The average molecular weight is 284 g/mol. The third-order valence-corrected chi connectivity index (χ3v) is 3.14. The van der Waals surface area contributed by atoms with Gasteiger partial charge < -0.3 is 10.1 Å². The van der Waals surface area contributed by atoms with Gasteiger partial charge in [0.15, 0.2) is 0 Å². The maximum Gasteiger partial charge on any atom is 0.121 e. The third-order valence-electron chi connectivity index (χ3n) is 3.14. The van der Waals surface area contributed by atoms with Crippen molar-refractivity contribution in [2.24, 2.45) is 7.05 Å². The number of anilines is 1. The number of nitrogens with one attached hydrogen (secondary N) is 1. The van der Waals surface area contributed by atoms with Gasteiger partial charge in [-0.1, -0.05) is 6.07 Å². The van der Waals surface area contributed by atoms with E-state index in [-0.39, 0.29) is 6.04 Å². The lowest BCUT2D eigenvalue weighted by Gasteiger charge is -2.14. The molecule has 0 aliphatic carbocycles. The smallest absolute Gasteiger partial charge is 0.121 e. The lowest BCUT2D eigenvalue weighted by Crippen LogP contribution is -2.06. The molecule has 1 aromatic carbocycles. The molecule has 0 radical (unpaired) electrons. The molecule has 1 unspecified atom stereocenters. The fourth-order valence-corrected chi connectivity index (χ4v) is 2.01. The van der Waals surface area contributed by atoms with Gasteiger partial charge in [0.25, 0.3) is 0 Å². The predicted octanol–water partition coefficient (Wildman–Crippen LogP) is 3.28. The minimum absolute atomic E-state index is 0.174. The number of hydrogen-bond donors (Lipinski definition) is 1. The van der Waals surface area contributed by atoms with Gasteiger partial charge in [-0.2, -0.15) is 10.4 Å². The first kappa shape index (κ1) is 14.9. The van der Waals surface area contributed by atoms with Crippen LogP contribution in [0.15, 0.2) is 36.7 Å². The summed E-state index contributed by atoms with van der Waals surface area (Å²) in [5.74, 6) is 0.816. The molecular weight excluding hydrogens is 264 g/mol. The van der Waals surface area contributed by atoms with Gasteiger partial charge in [-0.25, -0.2) is 0 Å². The second kappa shape index (κ2) is 7.34. The summed E-state index contributed by atoms with van der Waals surface area (Å²) in [6.07, 6.45) is 5.13. The second-order valence-electron chi connectivity index (χ2n) is 4.95. The quantitative estimate of drug-likeness (QED) is 0.793. The number of benzene rings is 1. The fourth-order valence-electron chi connectivity index (χ4n) is 2.01. The lowest BCUT2D eigenvalue weighted by atomic mass is 10.2. The molecule has 0 saturated heterocycles. The zero-order chi connectivity index (χ0) is 15.1. The van der Waals surface area contributed by atoms with Crippen LogP contribution in [0, 0.1) is 11.3 Å². The molecule has 0 saturated carbocycles. The Bertz CT molecular complexity index is 615. The maximum absolute atomic E-state index is 8.49. The van der Waals surface area contributed by atoms with Crippen molar-refractivity contribution in [3.8, 4) is 11.8 Å². The highest BCUT2D eigenvalue weighted by Gasteiger charge is 2.07. The summed E-state index contributed by atoms with van der Waals surface area (Å²) in [5.41, 5.74) is 2.14. The Kier molecular flexibility index (Phi) is 5.22. The molecule has 0 spiro atoms. The van der Waals surface area contributed by atoms with Gasteiger partial charge in [-0.05, 0) is 25.5 Å². The summed E-state index contributed by atoms with van der Waals surface area (Å²) in [5, 5.41) is 16.1. The molecule has 2 rings (SSSR count). The summed E-state index contributed by atoms with van der Waals surface area (Å²) >= 11 is 0. The van der Waals surface area contributed by atoms with Crippen LogP contribution in [-0.4, -0.2) is 16.4 Å². The summed E-state index contributed by atoms with van der Waals surface area (Å²) in [6, 6.07) is 10.1. The Morgan fingerprint density at radius 1 is 1.48 bits per heavy atom. The molecule has 1 N–H and O–H groups in total. The molecule has 0 aliphatic heterocycles. The van der Waals surface area contributed by atoms with E-state index >= 15 is 0 Å². The number of nitriles is 1. The zero-order valence-corrected chi connectivity index (χ0v) is 12.4. The Hall–Kier alpha value is -2.48. The molecule has 5 heteroatoms. The van der Waals surface area contributed by atoms with E-state index in [4.69, 9.17) is 10.00 Å². The summed E-state index contributed by atoms with van der Waals surface area (Å²) < 4.78 is 7.43. The Labute approximate surface area is 125 Å². The topological polar surface area (TPSA) is 62.9 Å². The van der Waals surface area contributed by atoms with Gasteiger partial charge in [0.2, 0.25) is 0 Å².